The van der Waals surface area contributed by atoms with Crippen LogP contribution in [0.25, 0.3) is 44.3 Å². The summed E-state index contributed by atoms with van der Waals surface area (Å²) in [5.74, 6) is -1.45. The zero-order valence-electron chi connectivity index (χ0n) is 15.1. The number of aromatic carboxylic acids is 1. The molecule has 0 aliphatic heterocycles. The molecule has 0 unspecified atom stereocenters. The van der Waals surface area contributed by atoms with E-state index in [-0.39, 0.29) is 11.4 Å². The van der Waals surface area contributed by atoms with Crippen molar-refractivity contribution in [1.82, 2.24) is 15.2 Å². The maximum absolute atomic E-state index is 13.3. The van der Waals surface area contributed by atoms with Crippen LogP contribution in [-0.4, -0.2) is 26.3 Å². The highest BCUT2D eigenvalue weighted by Gasteiger charge is 2.20. The molecule has 2 heterocycles. The first kappa shape index (κ1) is 17.1. The Bertz CT molecular complexity index is 1390. The summed E-state index contributed by atoms with van der Waals surface area (Å²) in [5, 5.41) is 19.4. The Labute approximate surface area is 164 Å². The number of aromatic nitrogens is 3. The van der Waals surface area contributed by atoms with Crippen molar-refractivity contribution in [3.05, 3.63) is 84.2 Å². The number of hydrogen-bond donors (Lipinski definition) is 2. The molecule has 0 fully saturated rings. The van der Waals surface area contributed by atoms with Crippen molar-refractivity contribution in [1.29, 1.82) is 0 Å². The Morgan fingerprint density at radius 1 is 0.966 bits per heavy atom. The van der Waals surface area contributed by atoms with Gasteiger partial charge in [-0.05, 0) is 41.1 Å². The number of rotatable bonds is 3. The van der Waals surface area contributed by atoms with Crippen molar-refractivity contribution in [3.63, 3.8) is 0 Å². The van der Waals surface area contributed by atoms with E-state index in [9.17, 15) is 14.3 Å². The van der Waals surface area contributed by atoms with E-state index in [2.05, 4.69) is 15.2 Å². The standard InChI is InChI=1S/C23H14FN3O2/c24-15-10-8-14(9-11-15)21-20-18(23(28)29)12-19(25-22(20)27-26-21)17-7-3-5-13-4-1-2-6-16(13)17/h1-12H,(H,28,29)(H,25,26,27). The number of carbonyl (C=O) groups is 1. The molecule has 3 aromatic carbocycles. The van der Waals surface area contributed by atoms with Crippen LogP contribution in [0.4, 0.5) is 4.39 Å². The van der Waals surface area contributed by atoms with Crippen LogP contribution in [0.15, 0.2) is 72.8 Å². The molecule has 0 saturated heterocycles. The molecule has 2 aromatic heterocycles. The molecule has 0 atom stereocenters. The Balaban J connectivity index is 1.78. The van der Waals surface area contributed by atoms with Crippen LogP contribution >= 0.6 is 0 Å². The van der Waals surface area contributed by atoms with Gasteiger partial charge in [0.05, 0.1) is 22.3 Å². The van der Waals surface area contributed by atoms with Gasteiger partial charge in [-0.15, -0.1) is 0 Å². The number of aromatic amines is 1. The Morgan fingerprint density at radius 3 is 2.52 bits per heavy atom. The van der Waals surface area contributed by atoms with Gasteiger partial charge < -0.3 is 5.11 Å². The molecule has 2 N–H and O–H groups in total. The molecular weight excluding hydrogens is 369 g/mol. The summed E-state index contributed by atoms with van der Waals surface area (Å²) in [7, 11) is 0. The molecule has 0 saturated carbocycles. The second kappa shape index (κ2) is 6.53. The van der Waals surface area contributed by atoms with Gasteiger partial charge in [-0.1, -0.05) is 42.5 Å². The summed E-state index contributed by atoms with van der Waals surface area (Å²) in [6.07, 6.45) is 0. The lowest BCUT2D eigenvalue weighted by molar-refractivity contribution is 0.0699. The first-order valence-corrected chi connectivity index (χ1v) is 8.98. The summed E-state index contributed by atoms with van der Waals surface area (Å²) >= 11 is 0. The number of fused-ring (bicyclic) bond motifs is 2. The molecule has 0 aliphatic rings. The van der Waals surface area contributed by atoms with E-state index in [0.29, 0.717) is 28.0 Å². The fourth-order valence-electron chi connectivity index (χ4n) is 3.60. The van der Waals surface area contributed by atoms with Crippen molar-refractivity contribution >= 4 is 27.8 Å². The third-order valence-electron chi connectivity index (χ3n) is 4.95. The number of carboxylic acid groups (broad SMARTS) is 1. The van der Waals surface area contributed by atoms with E-state index in [1.807, 2.05) is 42.5 Å². The topological polar surface area (TPSA) is 78.9 Å². The van der Waals surface area contributed by atoms with Gasteiger partial charge in [-0.2, -0.15) is 5.10 Å². The molecule has 0 radical (unpaired) electrons. The largest absolute Gasteiger partial charge is 0.478 e. The average molecular weight is 383 g/mol. The van der Waals surface area contributed by atoms with Crippen molar-refractivity contribution in [2.45, 2.75) is 0 Å². The molecule has 0 amide bonds. The quantitative estimate of drug-likeness (QED) is 0.444. The second-order valence-electron chi connectivity index (χ2n) is 6.69. The molecule has 5 rings (SSSR count). The van der Waals surface area contributed by atoms with Crippen LogP contribution in [0.3, 0.4) is 0 Å². The summed E-state index contributed by atoms with van der Waals surface area (Å²) in [5.41, 5.74) is 2.88. The number of nitrogens with zero attached hydrogens (tertiary/aromatic N) is 2. The van der Waals surface area contributed by atoms with Crippen LogP contribution in [0.2, 0.25) is 0 Å². The molecule has 140 valence electrons. The smallest absolute Gasteiger partial charge is 0.336 e. The van der Waals surface area contributed by atoms with E-state index in [1.165, 1.54) is 12.1 Å². The normalized spacial score (nSPS) is 11.2. The monoisotopic (exact) mass is 383 g/mol. The minimum atomic E-state index is -1.08. The summed E-state index contributed by atoms with van der Waals surface area (Å²) < 4.78 is 13.3. The van der Waals surface area contributed by atoms with Gasteiger partial charge in [0.2, 0.25) is 0 Å². The highest BCUT2D eigenvalue weighted by molar-refractivity contribution is 6.09. The van der Waals surface area contributed by atoms with Crippen LogP contribution in [0.5, 0.6) is 0 Å². The van der Waals surface area contributed by atoms with Crippen molar-refractivity contribution in [2.75, 3.05) is 0 Å². The Kier molecular flexibility index (Phi) is 3.84. The van der Waals surface area contributed by atoms with Crippen LogP contribution in [0, 0.1) is 5.82 Å². The fraction of sp³-hybridized carbons (Fsp3) is 0. The number of halogens is 1. The third-order valence-corrected chi connectivity index (χ3v) is 4.95. The average Bonchev–Trinajstić information content (AvgIpc) is 3.17. The SMILES string of the molecule is O=C(O)c1cc(-c2cccc3ccccc23)nc2n[nH]c(-c3ccc(F)cc3)c12. The van der Waals surface area contributed by atoms with E-state index >= 15 is 0 Å². The van der Waals surface area contributed by atoms with Gasteiger partial charge in [0, 0.05) is 11.1 Å². The maximum atomic E-state index is 13.3. The minimum Gasteiger partial charge on any atom is -0.478 e. The minimum absolute atomic E-state index is 0.0889. The van der Waals surface area contributed by atoms with Crippen molar-refractivity contribution < 1.29 is 14.3 Å². The van der Waals surface area contributed by atoms with Crippen LogP contribution in [-0.2, 0) is 0 Å². The van der Waals surface area contributed by atoms with Gasteiger partial charge in [0.1, 0.15) is 5.82 Å². The van der Waals surface area contributed by atoms with Crippen LogP contribution < -0.4 is 0 Å². The maximum Gasteiger partial charge on any atom is 0.336 e. The highest BCUT2D eigenvalue weighted by atomic mass is 19.1. The number of hydrogen-bond acceptors (Lipinski definition) is 3. The lowest BCUT2D eigenvalue weighted by Crippen LogP contribution is -2.00. The molecule has 6 heteroatoms. The number of benzene rings is 3. The molecule has 29 heavy (non-hydrogen) atoms. The lowest BCUT2D eigenvalue weighted by Gasteiger charge is -2.08. The molecule has 5 nitrogen and oxygen atoms in total. The lowest BCUT2D eigenvalue weighted by atomic mass is 9.99. The predicted octanol–water partition coefficient (Wildman–Crippen LogP) is 5.28. The molecule has 0 bridgehead atoms. The van der Waals surface area contributed by atoms with Gasteiger partial charge in [-0.25, -0.2) is 14.2 Å². The predicted molar refractivity (Wildman–Crippen MR) is 109 cm³/mol. The number of pyridine rings is 1. The second-order valence-corrected chi connectivity index (χ2v) is 6.69. The highest BCUT2D eigenvalue weighted by Crippen LogP contribution is 2.33. The summed E-state index contributed by atoms with van der Waals surface area (Å²) in [6, 6.07) is 21.0. The first-order chi connectivity index (χ1) is 14.1. The molecule has 5 aromatic rings. The number of nitrogens with one attached hydrogen (secondary N) is 1. The molecular formula is C23H14FN3O2. The van der Waals surface area contributed by atoms with E-state index < -0.39 is 5.97 Å². The fourth-order valence-corrected chi connectivity index (χ4v) is 3.60. The van der Waals surface area contributed by atoms with Crippen molar-refractivity contribution in [2.24, 2.45) is 0 Å². The Morgan fingerprint density at radius 2 is 1.72 bits per heavy atom. The molecule has 0 aliphatic carbocycles. The number of H-pyrrole nitrogens is 1. The Hall–Kier alpha value is -4.06. The van der Waals surface area contributed by atoms with E-state index in [1.54, 1.807) is 18.2 Å². The summed E-state index contributed by atoms with van der Waals surface area (Å²) in [6.45, 7) is 0. The van der Waals surface area contributed by atoms with Crippen LogP contribution in [0.1, 0.15) is 10.4 Å². The van der Waals surface area contributed by atoms with E-state index in [4.69, 9.17) is 0 Å². The number of carboxylic acids is 1. The van der Waals surface area contributed by atoms with Gasteiger partial charge in [-0.3, -0.25) is 5.10 Å². The molecule has 0 spiro atoms. The third kappa shape index (κ3) is 2.82. The zero-order valence-corrected chi connectivity index (χ0v) is 15.1. The zero-order chi connectivity index (χ0) is 20.0. The first-order valence-electron chi connectivity index (χ1n) is 8.98. The van der Waals surface area contributed by atoms with E-state index in [0.717, 1.165) is 16.3 Å². The summed E-state index contributed by atoms with van der Waals surface area (Å²) in [4.78, 5) is 16.7. The van der Waals surface area contributed by atoms with Gasteiger partial charge in [0.15, 0.2) is 5.65 Å². The van der Waals surface area contributed by atoms with Gasteiger partial charge >= 0.3 is 5.97 Å². The van der Waals surface area contributed by atoms with Crippen molar-refractivity contribution in [3.8, 4) is 22.5 Å². The van der Waals surface area contributed by atoms with Gasteiger partial charge in [0.25, 0.3) is 0 Å².